The number of esters is 3. The Kier molecular flexibility index (Phi) is 15.1. The number of fused-ring (bicyclic) bond motifs is 12. The molecule has 4 heterocycles. The van der Waals surface area contributed by atoms with Crippen molar-refractivity contribution in [2.75, 3.05) is 112 Å². The highest BCUT2D eigenvalue weighted by Crippen LogP contribution is 2.25. The first kappa shape index (κ1) is 37.8. The minimum absolute atomic E-state index is 0.0242. The highest BCUT2D eigenvalue weighted by Gasteiger charge is 2.50. The van der Waals surface area contributed by atoms with Crippen LogP contribution in [0.25, 0.3) is 0 Å². The molecule has 3 atom stereocenters. The average molecular weight is 684 g/mol. The minimum atomic E-state index is -2.78. The zero-order chi connectivity index (χ0) is 34.4. The van der Waals surface area contributed by atoms with Gasteiger partial charge in [-0.2, -0.15) is 0 Å². The van der Waals surface area contributed by atoms with E-state index in [0.717, 1.165) is 0 Å². The third-order valence-electron chi connectivity index (χ3n) is 8.41. The summed E-state index contributed by atoms with van der Waals surface area (Å²) in [6, 6.07) is 0. The van der Waals surface area contributed by atoms with E-state index in [9.17, 15) is 28.8 Å². The molecule has 1 spiro atoms. The van der Waals surface area contributed by atoms with Crippen LogP contribution in [0.4, 0.5) is 0 Å². The van der Waals surface area contributed by atoms with Crippen molar-refractivity contribution in [1.29, 1.82) is 0 Å². The molecule has 3 unspecified atom stereocenters. The summed E-state index contributed by atoms with van der Waals surface area (Å²) in [6.07, 6.45) is -2.57. The zero-order valence-corrected chi connectivity index (χ0v) is 27.8. The van der Waals surface area contributed by atoms with E-state index in [2.05, 4.69) is 10.2 Å². The zero-order valence-electron chi connectivity index (χ0n) is 27.8. The lowest BCUT2D eigenvalue weighted by Gasteiger charge is -2.35. The van der Waals surface area contributed by atoms with Gasteiger partial charge in [0, 0.05) is 97.7 Å². The van der Waals surface area contributed by atoms with E-state index in [1.54, 1.807) is 6.92 Å². The van der Waals surface area contributed by atoms with Crippen LogP contribution in [0.15, 0.2) is 0 Å². The predicted octanol–water partition coefficient (Wildman–Crippen LogP) is -1.87. The van der Waals surface area contributed by atoms with Crippen LogP contribution in [0.3, 0.4) is 0 Å². The lowest BCUT2D eigenvalue weighted by Crippen LogP contribution is -2.54. The first-order chi connectivity index (χ1) is 23.1. The van der Waals surface area contributed by atoms with Crippen molar-refractivity contribution in [3.63, 3.8) is 0 Å². The highest BCUT2D eigenvalue weighted by atomic mass is 17.0. The molecule has 5 bridgehead atoms. The SMILES string of the molecule is CCC(=O)COCCOCCCC(=O)CCC(=O)NCC1CN2CCN3CCN4CCN(CC2)CC(=O)OC(OC(=O)C4)(OC(=O)C3)O1. The fraction of sp³-hybridized carbons (Fsp3) is 0.806. The number of hydrogen-bond donors (Lipinski definition) is 1. The molecule has 4 aliphatic heterocycles. The van der Waals surface area contributed by atoms with Gasteiger partial charge in [-0.25, -0.2) is 0 Å². The number of nitrogens with one attached hydrogen (secondary N) is 1. The van der Waals surface area contributed by atoms with Crippen LogP contribution in [0.1, 0.15) is 39.0 Å². The maximum atomic E-state index is 13.1. The topological polar surface area (TPSA) is 183 Å². The molecule has 0 saturated carbocycles. The number of hydrogen-bond acceptors (Lipinski definition) is 16. The largest absolute Gasteiger partial charge is 0.566 e. The van der Waals surface area contributed by atoms with Gasteiger partial charge < -0.3 is 29.0 Å². The van der Waals surface area contributed by atoms with E-state index in [0.29, 0.717) is 85.0 Å². The molecule has 48 heavy (non-hydrogen) atoms. The first-order valence-corrected chi connectivity index (χ1v) is 16.8. The van der Waals surface area contributed by atoms with Gasteiger partial charge in [0.1, 0.15) is 12.4 Å². The van der Waals surface area contributed by atoms with Gasteiger partial charge >= 0.3 is 24.1 Å². The molecule has 4 rings (SSSR count). The quantitative estimate of drug-likeness (QED) is 0.150. The van der Waals surface area contributed by atoms with Crippen LogP contribution in [-0.4, -0.2) is 179 Å². The Labute approximate surface area is 280 Å². The van der Waals surface area contributed by atoms with E-state index in [1.807, 2.05) is 14.7 Å². The number of rotatable bonds is 15. The molecule has 17 nitrogen and oxygen atoms in total. The fourth-order valence-corrected chi connectivity index (χ4v) is 5.64. The second-order valence-corrected chi connectivity index (χ2v) is 12.3. The van der Waals surface area contributed by atoms with Gasteiger partial charge in [0.25, 0.3) is 0 Å². The van der Waals surface area contributed by atoms with Crippen LogP contribution >= 0.6 is 0 Å². The Morgan fingerprint density at radius 3 is 1.77 bits per heavy atom. The standard InChI is InChI=1S/C31H49N5O12/c1-2-24(37)23-44-17-16-43-15-3-4-25(38)5-6-27(39)32-18-26-19-33-7-9-34-11-13-36-14-12-35(10-8-33)21-29(41)47-31(45-26,46-28(40)20-34)48-30(42)22-36/h26H,2-23H2,1H3,(H,32,39). The van der Waals surface area contributed by atoms with Crippen molar-refractivity contribution in [3.05, 3.63) is 0 Å². The Balaban J connectivity index is 1.35. The van der Waals surface area contributed by atoms with Gasteiger partial charge in [0.15, 0.2) is 5.78 Å². The Hall–Kier alpha value is -3.06. The normalized spacial score (nSPS) is 29.6. The molecule has 4 fully saturated rings. The van der Waals surface area contributed by atoms with Crippen molar-refractivity contribution in [3.8, 4) is 0 Å². The summed E-state index contributed by atoms with van der Waals surface area (Å²) < 4.78 is 33.3. The van der Waals surface area contributed by atoms with Crippen molar-refractivity contribution in [2.45, 2.75) is 51.3 Å². The summed E-state index contributed by atoms with van der Waals surface area (Å²) in [4.78, 5) is 83.7. The lowest BCUT2D eigenvalue weighted by atomic mass is 10.1. The van der Waals surface area contributed by atoms with Gasteiger partial charge in [-0.05, 0) is 6.42 Å². The van der Waals surface area contributed by atoms with Gasteiger partial charge in [-0.3, -0.25) is 53.1 Å². The van der Waals surface area contributed by atoms with E-state index in [1.165, 1.54) is 0 Å². The smallest absolute Gasteiger partial charge is 0.379 e. The Morgan fingerprint density at radius 2 is 1.23 bits per heavy atom. The van der Waals surface area contributed by atoms with Crippen LogP contribution in [0, 0.1) is 0 Å². The second kappa shape index (κ2) is 19.2. The predicted molar refractivity (Wildman–Crippen MR) is 165 cm³/mol. The molecule has 1 N–H and O–H groups in total. The van der Waals surface area contributed by atoms with Crippen molar-refractivity contribution in [2.24, 2.45) is 0 Å². The monoisotopic (exact) mass is 683 g/mol. The molecule has 0 radical (unpaired) electrons. The summed E-state index contributed by atoms with van der Waals surface area (Å²) in [5.41, 5.74) is 0. The lowest BCUT2D eigenvalue weighted by molar-refractivity contribution is -0.458. The molecule has 270 valence electrons. The van der Waals surface area contributed by atoms with E-state index in [-0.39, 0.29) is 70.2 Å². The minimum Gasteiger partial charge on any atom is -0.379 e. The third kappa shape index (κ3) is 13.1. The molecule has 0 aromatic rings. The molecule has 0 aromatic heterocycles. The average Bonchev–Trinajstić information content (AvgIpc) is 3.09. The van der Waals surface area contributed by atoms with Gasteiger partial charge in [-0.1, -0.05) is 6.92 Å². The fourth-order valence-electron chi connectivity index (χ4n) is 5.64. The molecule has 17 heteroatoms. The third-order valence-corrected chi connectivity index (χ3v) is 8.41. The summed E-state index contributed by atoms with van der Waals surface area (Å²) in [6.45, 7) is 6.77. The summed E-state index contributed by atoms with van der Waals surface area (Å²) in [7, 11) is 0. The molecule has 4 aliphatic rings. The summed E-state index contributed by atoms with van der Waals surface area (Å²) in [5.74, 6) is -2.87. The molecule has 4 saturated heterocycles. The van der Waals surface area contributed by atoms with Crippen molar-refractivity contribution < 1.29 is 57.2 Å². The Morgan fingerprint density at radius 1 is 0.708 bits per heavy atom. The summed E-state index contributed by atoms with van der Waals surface area (Å²) in [5, 5.41) is 2.77. The van der Waals surface area contributed by atoms with E-state index < -0.39 is 36.1 Å². The van der Waals surface area contributed by atoms with E-state index in [4.69, 9.17) is 28.4 Å². The van der Waals surface area contributed by atoms with Crippen molar-refractivity contribution >= 4 is 35.4 Å². The maximum Gasteiger partial charge on any atom is 0.566 e. The second-order valence-electron chi connectivity index (χ2n) is 12.3. The van der Waals surface area contributed by atoms with Crippen LogP contribution in [0.2, 0.25) is 0 Å². The molecular weight excluding hydrogens is 634 g/mol. The molecule has 1 amide bonds. The van der Waals surface area contributed by atoms with Gasteiger partial charge in [-0.15, -0.1) is 0 Å². The highest BCUT2D eigenvalue weighted by molar-refractivity contribution is 5.85. The number of ketones is 2. The van der Waals surface area contributed by atoms with Crippen LogP contribution < -0.4 is 5.32 Å². The summed E-state index contributed by atoms with van der Waals surface area (Å²) >= 11 is 0. The van der Waals surface area contributed by atoms with Gasteiger partial charge in [0.05, 0.1) is 39.0 Å². The number of carbonyl (C=O) groups excluding carboxylic acids is 6. The Bertz CT molecular complexity index is 1080. The molecule has 0 aromatic carbocycles. The molecular formula is C31H49N5O12. The molecule has 0 aliphatic carbocycles. The van der Waals surface area contributed by atoms with Crippen LogP contribution in [0.5, 0.6) is 0 Å². The van der Waals surface area contributed by atoms with Crippen LogP contribution in [-0.2, 0) is 57.2 Å². The first-order valence-electron chi connectivity index (χ1n) is 16.8. The van der Waals surface area contributed by atoms with Crippen molar-refractivity contribution in [1.82, 2.24) is 24.9 Å². The van der Waals surface area contributed by atoms with E-state index >= 15 is 0 Å². The number of ether oxygens (including phenoxy) is 6. The van der Waals surface area contributed by atoms with Gasteiger partial charge in [0.2, 0.25) is 5.91 Å². The maximum absolute atomic E-state index is 13.1. The number of carbonyl (C=O) groups is 6. The number of amides is 1. The number of nitrogens with zero attached hydrogens (tertiary/aromatic N) is 4. The number of Topliss-reactive ketones (excluding diaryl/α,β-unsaturated/α-hetero) is 2.